The second kappa shape index (κ2) is 6.95. The van der Waals surface area contributed by atoms with Crippen LogP contribution in [-0.2, 0) is 20.8 Å². The number of fused-ring (bicyclic) bond motifs is 1. The number of benzene rings is 1. The number of ether oxygens (including phenoxy) is 2. The molecule has 0 spiro atoms. The fourth-order valence-electron chi connectivity index (χ4n) is 3.45. The summed E-state index contributed by atoms with van der Waals surface area (Å²) in [6.45, 7) is 1.12. The molecular formula is C18H22N2O4. The van der Waals surface area contributed by atoms with Crippen LogP contribution in [0.3, 0.4) is 0 Å². The lowest BCUT2D eigenvalue weighted by Crippen LogP contribution is -2.49. The van der Waals surface area contributed by atoms with Crippen LogP contribution in [0.4, 0.5) is 4.79 Å². The lowest BCUT2D eigenvalue weighted by atomic mass is 9.91. The molecule has 1 amide bonds. The van der Waals surface area contributed by atoms with Crippen LogP contribution in [0, 0.1) is 5.92 Å². The highest BCUT2D eigenvalue weighted by Crippen LogP contribution is 2.26. The molecule has 128 valence electrons. The zero-order valence-electron chi connectivity index (χ0n) is 14.0. The molecule has 2 unspecified atom stereocenters. The normalized spacial score (nSPS) is 20.8. The van der Waals surface area contributed by atoms with Crippen molar-refractivity contribution in [1.82, 2.24) is 9.47 Å². The molecule has 2 atom stereocenters. The molecule has 1 aliphatic rings. The molecule has 0 N–H and O–H groups in total. The second-order valence-electron chi connectivity index (χ2n) is 6.15. The first-order chi connectivity index (χ1) is 11.6. The van der Waals surface area contributed by atoms with Gasteiger partial charge in [-0.2, -0.15) is 0 Å². The first-order valence-corrected chi connectivity index (χ1v) is 8.09. The van der Waals surface area contributed by atoms with Crippen molar-refractivity contribution in [3.05, 3.63) is 36.7 Å². The Kier molecular flexibility index (Phi) is 4.74. The molecule has 1 fully saturated rings. The van der Waals surface area contributed by atoms with Crippen molar-refractivity contribution in [3.8, 4) is 0 Å². The molecule has 1 saturated heterocycles. The van der Waals surface area contributed by atoms with E-state index in [-0.39, 0.29) is 24.0 Å². The van der Waals surface area contributed by atoms with E-state index in [1.807, 2.05) is 12.1 Å². The number of hydrogen-bond acceptors (Lipinski definition) is 4. The summed E-state index contributed by atoms with van der Waals surface area (Å²) in [5.74, 6) is -0.381. The van der Waals surface area contributed by atoms with E-state index in [9.17, 15) is 9.59 Å². The first kappa shape index (κ1) is 16.4. The molecule has 0 saturated carbocycles. The Morgan fingerprint density at radius 1 is 1.12 bits per heavy atom. The van der Waals surface area contributed by atoms with Gasteiger partial charge in [-0.1, -0.05) is 24.3 Å². The third-order valence-corrected chi connectivity index (χ3v) is 4.69. The maximum absolute atomic E-state index is 12.1. The maximum Gasteiger partial charge on any atom is 0.409 e. The summed E-state index contributed by atoms with van der Waals surface area (Å²) in [5.41, 5.74) is 0. The Morgan fingerprint density at radius 2 is 1.79 bits per heavy atom. The number of nitrogens with zero attached hydrogens (tertiary/aromatic N) is 2. The molecule has 0 bridgehead atoms. The van der Waals surface area contributed by atoms with Gasteiger partial charge in [-0.05, 0) is 23.6 Å². The maximum atomic E-state index is 12.1. The average molecular weight is 330 g/mol. The topological polar surface area (TPSA) is 60.8 Å². The molecule has 1 aromatic heterocycles. The first-order valence-electron chi connectivity index (χ1n) is 8.09. The predicted octanol–water partition coefficient (Wildman–Crippen LogP) is 2.66. The van der Waals surface area contributed by atoms with Crippen molar-refractivity contribution in [2.75, 3.05) is 20.8 Å². The number of amides is 1. The number of carbonyl (C=O) groups excluding carboxylic acids is 2. The fourth-order valence-corrected chi connectivity index (χ4v) is 3.45. The average Bonchev–Trinajstić information content (AvgIpc) is 3.02. The Hall–Kier alpha value is -2.50. The van der Waals surface area contributed by atoms with Crippen molar-refractivity contribution in [2.45, 2.75) is 25.4 Å². The molecule has 2 aromatic rings. The summed E-state index contributed by atoms with van der Waals surface area (Å²) in [6.07, 6.45) is 4.96. The van der Waals surface area contributed by atoms with Crippen molar-refractivity contribution in [1.29, 1.82) is 0 Å². The molecule has 6 nitrogen and oxygen atoms in total. The Morgan fingerprint density at radius 3 is 2.38 bits per heavy atom. The fraction of sp³-hybridized carbons (Fsp3) is 0.444. The Labute approximate surface area is 140 Å². The van der Waals surface area contributed by atoms with Crippen LogP contribution >= 0.6 is 0 Å². The number of aromatic nitrogens is 1. The third kappa shape index (κ3) is 3.22. The summed E-state index contributed by atoms with van der Waals surface area (Å²) < 4.78 is 11.9. The highest BCUT2D eigenvalue weighted by atomic mass is 16.5. The largest absolute Gasteiger partial charge is 0.469 e. The monoisotopic (exact) mass is 330 g/mol. The molecule has 24 heavy (non-hydrogen) atoms. The van der Waals surface area contributed by atoms with Gasteiger partial charge in [-0.3, -0.25) is 4.79 Å². The van der Waals surface area contributed by atoms with E-state index in [1.54, 1.807) is 4.90 Å². The SMILES string of the molecule is COC(=O)C1CCN(C(=O)OC)C(Cn2cc3ccccc3c2)C1. The molecule has 0 radical (unpaired) electrons. The van der Waals surface area contributed by atoms with Gasteiger partial charge in [0.15, 0.2) is 0 Å². The van der Waals surface area contributed by atoms with Crippen LogP contribution in [-0.4, -0.2) is 48.3 Å². The number of hydrogen-bond donors (Lipinski definition) is 0. The standard InChI is InChI=1S/C18H22N2O4/c1-23-17(21)13-7-8-20(18(22)24-2)16(9-13)12-19-10-14-5-3-4-6-15(14)11-19/h3-6,10-11,13,16H,7-9,12H2,1-2H3. The van der Waals surface area contributed by atoms with Crippen LogP contribution < -0.4 is 0 Å². The van der Waals surface area contributed by atoms with Gasteiger partial charge in [0.1, 0.15) is 0 Å². The van der Waals surface area contributed by atoms with Crippen LogP contribution in [0.25, 0.3) is 10.8 Å². The van der Waals surface area contributed by atoms with Crippen LogP contribution in [0.2, 0.25) is 0 Å². The number of esters is 1. The van der Waals surface area contributed by atoms with Gasteiger partial charge in [0, 0.05) is 25.5 Å². The molecule has 0 aliphatic carbocycles. The van der Waals surface area contributed by atoms with Gasteiger partial charge >= 0.3 is 12.1 Å². The van der Waals surface area contributed by atoms with Crippen molar-refractivity contribution < 1.29 is 19.1 Å². The van der Waals surface area contributed by atoms with Crippen molar-refractivity contribution in [3.63, 3.8) is 0 Å². The molecule has 6 heteroatoms. The number of likely N-dealkylation sites (tertiary alicyclic amines) is 1. The summed E-state index contributed by atoms with van der Waals surface area (Å²) in [5, 5.41) is 2.31. The molecule has 1 aliphatic heterocycles. The minimum absolute atomic E-state index is 0.0999. The smallest absolute Gasteiger partial charge is 0.409 e. The lowest BCUT2D eigenvalue weighted by Gasteiger charge is -2.37. The summed E-state index contributed by atoms with van der Waals surface area (Å²) >= 11 is 0. The molecular weight excluding hydrogens is 308 g/mol. The van der Waals surface area contributed by atoms with E-state index >= 15 is 0 Å². The van der Waals surface area contributed by atoms with E-state index < -0.39 is 0 Å². The van der Waals surface area contributed by atoms with Gasteiger partial charge in [0.05, 0.1) is 26.2 Å². The van der Waals surface area contributed by atoms with Crippen molar-refractivity contribution in [2.24, 2.45) is 5.92 Å². The van der Waals surface area contributed by atoms with Crippen molar-refractivity contribution >= 4 is 22.8 Å². The summed E-state index contributed by atoms with van der Waals surface area (Å²) in [4.78, 5) is 25.7. The minimum Gasteiger partial charge on any atom is -0.469 e. The molecule has 1 aromatic carbocycles. The number of piperidine rings is 1. The lowest BCUT2D eigenvalue weighted by molar-refractivity contribution is -0.147. The van der Waals surface area contributed by atoms with Crippen LogP contribution in [0.5, 0.6) is 0 Å². The van der Waals surface area contributed by atoms with E-state index in [2.05, 4.69) is 29.1 Å². The summed E-state index contributed by atoms with van der Waals surface area (Å²) in [7, 11) is 2.79. The predicted molar refractivity (Wildman–Crippen MR) is 89.6 cm³/mol. The Bertz CT molecular complexity index is 706. The van der Waals surface area contributed by atoms with E-state index in [0.717, 1.165) is 10.8 Å². The number of carbonyl (C=O) groups is 2. The van der Waals surface area contributed by atoms with E-state index in [4.69, 9.17) is 9.47 Å². The van der Waals surface area contributed by atoms with E-state index in [1.165, 1.54) is 14.2 Å². The zero-order chi connectivity index (χ0) is 17.1. The van der Waals surface area contributed by atoms with Gasteiger partial charge in [0.25, 0.3) is 0 Å². The van der Waals surface area contributed by atoms with Crippen LogP contribution in [0.15, 0.2) is 36.7 Å². The van der Waals surface area contributed by atoms with Gasteiger partial charge < -0.3 is 18.9 Å². The number of methoxy groups -OCH3 is 2. The van der Waals surface area contributed by atoms with Gasteiger partial charge in [0.2, 0.25) is 0 Å². The van der Waals surface area contributed by atoms with E-state index in [0.29, 0.717) is 25.9 Å². The molecule has 2 heterocycles. The molecule has 3 rings (SSSR count). The van der Waals surface area contributed by atoms with Gasteiger partial charge in [-0.25, -0.2) is 4.79 Å². The number of rotatable bonds is 3. The van der Waals surface area contributed by atoms with Gasteiger partial charge in [-0.15, -0.1) is 0 Å². The van der Waals surface area contributed by atoms with Crippen LogP contribution in [0.1, 0.15) is 12.8 Å². The summed E-state index contributed by atoms with van der Waals surface area (Å²) in [6, 6.07) is 8.02. The second-order valence-corrected chi connectivity index (χ2v) is 6.15. The minimum atomic E-state index is -0.347. The Balaban J connectivity index is 1.81. The zero-order valence-corrected chi connectivity index (χ0v) is 14.0. The quantitative estimate of drug-likeness (QED) is 0.812. The third-order valence-electron chi connectivity index (χ3n) is 4.69. The highest BCUT2D eigenvalue weighted by molar-refractivity contribution is 5.82. The highest BCUT2D eigenvalue weighted by Gasteiger charge is 2.35.